The van der Waals surface area contributed by atoms with Crippen molar-refractivity contribution in [3.8, 4) is 0 Å². The molecule has 1 aromatic rings. The van der Waals surface area contributed by atoms with Crippen LogP contribution in [0.3, 0.4) is 0 Å². The molecule has 0 unspecified atom stereocenters. The summed E-state index contributed by atoms with van der Waals surface area (Å²) in [5.41, 5.74) is 6.45. The number of nitrogens with one attached hydrogen (secondary N) is 1. The maximum absolute atomic E-state index is 12.2. The average Bonchev–Trinajstić information content (AvgIpc) is 2.82. The Hall–Kier alpha value is -1.82. The summed E-state index contributed by atoms with van der Waals surface area (Å²) in [7, 11) is 0. The van der Waals surface area contributed by atoms with Crippen LogP contribution in [0.4, 0.5) is 0 Å². The SMILES string of the molecule is CC(=NCc1cc(C(=N)N)cs1)C1C(=O)CC(C)(C)CC1=O. The summed E-state index contributed by atoms with van der Waals surface area (Å²) in [6, 6.07) is 1.82. The number of nitrogens with two attached hydrogens (primary N) is 1. The van der Waals surface area contributed by atoms with Gasteiger partial charge in [-0.25, -0.2) is 0 Å². The molecule has 0 amide bonds. The standard InChI is InChI=1S/C16H21N3O2S/c1-9(14-12(20)5-16(2,3)6-13(14)21)19-7-11-4-10(8-22-11)15(17)18/h4,8,14H,5-7H2,1-3H3,(H3,17,18). The number of rotatable bonds is 4. The van der Waals surface area contributed by atoms with Gasteiger partial charge in [0.15, 0.2) is 0 Å². The van der Waals surface area contributed by atoms with Gasteiger partial charge >= 0.3 is 0 Å². The summed E-state index contributed by atoms with van der Waals surface area (Å²) in [5.74, 6) is -0.709. The third kappa shape index (κ3) is 3.68. The Morgan fingerprint density at radius 2 is 2.00 bits per heavy atom. The van der Waals surface area contributed by atoms with E-state index in [9.17, 15) is 9.59 Å². The maximum Gasteiger partial charge on any atom is 0.149 e. The molecule has 0 radical (unpaired) electrons. The number of thiophene rings is 1. The molecule has 0 saturated heterocycles. The Kier molecular flexibility index (Phi) is 4.60. The van der Waals surface area contributed by atoms with Gasteiger partial charge in [0.1, 0.15) is 23.3 Å². The summed E-state index contributed by atoms with van der Waals surface area (Å²) in [6.07, 6.45) is 0.841. The van der Waals surface area contributed by atoms with Gasteiger partial charge in [-0.15, -0.1) is 11.3 Å². The third-order valence-corrected chi connectivity index (χ3v) is 4.74. The zero-order chi connectivity index (χ0) is 16.5. The van der Waals surface area contributed by atoms with E-state index in [1.807, 2.05) is 25.3 Å². The molecule has 0 spiro atoms. The van der Waals surface area contributed by atoms with E-state index in [2.05, 4.69) is 4.99 Å². The van der Waals surface area contributed by atoms with Crippen LogP contribution in [0.5, 0.6) is 0 Å². The van der Waals surface area contributed by atoms with Gasteiger partial charge in [-0.05, 0) is 18.4 Å². The van der Waals surface area contributed by atoms with E-state index in [1.54, 1.807) is 6.92 Å². The number of nitrogen functional groups attached to an aromatic ring is 1. The van der Waals surface area contributed by atoms with Crippen LogP contribution in [0.1, 0.15) is 44.1 Å². The largest absolute Gasteiger partial charge is 0.384 e. The highest BCUT2D eigenvalue weighted by Crippen LogP contribution is 2.34. The fraction of sp³-hybridized carbons (Fsp3) is 0.500. The van der Waals surface area contributed by atoms with Crippen molar-refractivity contribution >= 4 is 34.5 Å². The van der Waals surface area contributed by atoms with Gasteiger partial charge in [0.2, 0.25) is 0 Å². The second kappa shape index (κ2) is 6.12. The second-order valence-corrected chi connectivity index (χ2v) is 7.55. The molecule has 5 nitrogen and oxygen atoms in total. The normalized spacial score (nSPS) is 19.5. The predicted molar refractivity (Wildman–Crippen MR) is 88.7 cm³/mol. The van der Waals surface area contributed by atoms with Crippen molar-refractivity contribution in [2.45, 2.75) is 40.2 Å². The minimum atomic E-state index is -0.680. The number of Topliss-reactive ketones (excluding diaryl/α,β-unsaturated/α-hetero) is 2. The van der Waals surface area contributed by atoms with E-state index in [4.69, 9.17) is 11.1 Å². The molecule has 1 saturated carbocycles. The van der Waals surface area contributed by atoms with Crippen molar-refractivity contribution in [1.29, 1.82) is 5.41 Å². The topological polar surface area (TPSA) is 96.4 Å². The molecule has 1 aliphatic rings. The van der Waals surface area contributed by atoms with Gasteiger partial charge < -0.3 is 5.73 Å². The molecule has 1 aromatic heterocycles. The summed E-state index contributed by atoms with van der Waals surface area (Å²) in [5, 5.41) is 9.18. The van der Waals surface area contributed by atoms with Crippen LogP contribution in [0, 0.1) is 16.7 Å². The Bertz CT molecular complexity index is 638. The quantitative estimate of drug-likeness (QED) is 0.507. The number of carbonyl (C=O) groups excluding carboxylic acids is 2. The Balaban J connectivity index is 2.09. The van der Waals surface area contributed by atoms with Crippen LogP contribution >= 0.6 is 11.3 Å². The molecule has 1 fully saturated rings. The minimum Gasteiger partial charge on any atom is -0.384 e. The van der Waals surface area contributed by atoms with Crippen LogP contribution in [-0.2, 0) is 16.1 Å². The Morgan fingerprint density at radius 1 is 1.41 bits per heavy atom. The number of nitrogens with zero attached hydrogens (tertiary/aromatic N) is 1. The van der Waals surface area contributed by atoms with Crippen molar-refractivity contribution in [2.75, 3.05) is 0 Å². The molecule has 0 atom stereocenters. The number of aliphatic imine (C=N–C) groups is 1. The first-order chi connectivity index (χ1) is 10.2. The van der Waals surface area contributed by atoms with E-state index >= 15 is 0 Å². The van der Waals surface area contributed by atoms with E-state index < -0.39 is 5.92 Å². The Morgan fingerprint density at radius 3 is 2.50 bits per heavy atom. The maximum atomic E-state index is 12.2. The monoisotopic (exact) mass is 319 g/mol. The number of carbonyl (C=O) groups is 2. The fourth-order valence-corrected chi connectivity index (χ4v) is 3.56. The van der Waals surface area contributed by atoms with Crippen molar-refractivity contribution in [3.05, 3.63) is 21.9 Å². The van der Waals surface area contributed by atoms with Crippen molar-refractivity contribution in [2.24, 2.45) is 22.1 Å². The van der Waals surface area contributed by atoms with Crippen LogP contribution < -0.4 is 5.73 Å². The molecule has 0 aliphatic heterocycles. The number of amidine groups is 1. The van der Waals surface area contributed by atoms with Crippen molar-refractivity contribution in [3.63, 3.8) is 0 Å². The molecule has 0 bridgehead atoms. The van der Waals surface area contributed by atoms with E-state index in [0.29, 0.717) is 30.7 Å². The van der Waals surface area contributed by atoms with Gasteiger partial charge in [0.25, 0.3) is 0 Å². The fourth-order valence-electron chi connectivity index (χ4n) is 2.75. The van der Waals surface area contributed by atoms with Crippen molar-refractivity contribution in [1.82, 2.24) is 0 Å². The van der Waals surface area contributed by atoms with E-state index in [1.165, 1.54) is 11.3 Å². The second-order valence-electron chi connectivity index (χ2n) is 6.56. The summed E-state index contributed by atoms with van der Waals surface area (Å²) in [6.45, 7) is 6.05. The van der Waals surface area contributed by atoms with Gasteiger partial charge in [-0.2, -0.15) is 0 Å². The molecular formula is C16H21N3O2S. The molecule has 6 heteroatoms. The lowest BCUT2D eigenvalue weighted by molar-refractivity contribution is -0.136. The molecule has 1 aliphatic carbocycles. The van der Waals surface area contributed by atoms with Crippen LogP contribution in [0.2, 0.25) is 0 Å². The number of hydrogen-bond acceptors (Lipinski definition) is 5. The highest BCUT2D eigenvalue weighted by Gasteiger charge is 2.40. The molecule has 1 heterocycles. The first-order valence-corrected chi connectivity index (χ1v) is 8.06. The molecule has 118 valence electrons. The molecular weight excluding hydrogens is 298 g/mol. The first-order valence-electron chi connectivity index (χ1n) is 7.18. The molecule has 0 aromatic carbocycles. The zero-order valence-electron chi connectivity index (χ0n) is 13.1. The van der Waals surface area contributed by atoms with E-state index in [-0.39, 0.29) is 22.8 Å². The lowest BCUT2D eigenvalue weighted by Gasteiger charge is -2.31. The van der Waals surface area contributed by atoms with Gasteiger partial charge in [0, 0.05) is 34.4 Å². The highest BCUT2D eigenvalue weighted by molar-refractivity contribution is 7.10. The summed E-state index contributed by atoms with van der Waals surface area (Å²) in [4.78, 5) is 29.8. The van der Waals surface area contributed by atoms with E-state index in [0.717, 1.165) is 4.88 Å². The summed E-state index contributed by atoms with van der Waals surface area (Å²) < 4.78 is 0. The molecule has 3 N–H and O–H groups in total. The van der Waals surface area contributed by atoms with Crippen LogP contribution in [-0.4, -0.2) is 23.1 Å². The minimum absolute atomic E-state index is 0.0295. The smallest absolute Gasteiger partial charge is 0.149 e. The van der Waals surface area contributed by atoms with Crippen LogP contribution in [0.25, 0.3) is 0 Å². The molecule has 22 heavy (non-hydrogen) atoms. The Labute approximate surface area is 134 Å². The zero-order valence-corrected chi connectivity index (χ0v) is 13.9. The third-order valence-electron chi connectivity index (χ3n) is 3.82. The predicted octanol–water partition coefficient (Wildman–Crippen LogP) is 2.57. The first kappa shape index (κ1) is 16.5. The van der Waals surface area contributed by atoms with Gasteiger partial charge in [-0.3, -0.25) is 20.0 Å². The number of ketones is 2. The van der Waals surface area contributed by atoms with Crippen LogP contribution in [0.15, 0.2) is 16.4 Å². The van der Waals surface area contributed by atoms with Crippen molar-refractivity contribution < 1.29 is 9.59 Å². The highest BCUT2D eigenvalue weighted by atomic mass is 32.1. The number of hydrogen-bond donors (Lipinski definition) is 2. The average molecular weight is 319 g/mol. The molecule has 2 rings (SSSR count). The lowest BCUT2D eigenvalue weighted by Crippen LogP contribution is -2.41. The lowest BCUT2D eigenvalue weighted by atomic mass is 9.70. The van der Waals surface area contributed by atoms with Gasteiger partial charge in [0.05, 0.1) is 6.54 Å². The summed E-state index contributed by atoms with van der Waals surface area (Å²) >= 11 is 1.47. The van der Waals surface area contributed by atoms with Gasteiger partial charge in [-0.1, -0.05) is 13.8 Å².